The van der Waals surface area contributed by atoms with Crippen LogP contribution < -0.4 is 0 Å². The van der Waals surface area contributed by atoms with Gasteiger partial charge in [-0.25, -0.2) is 19.9 Å². The van der Waals surface area contributed by atoms with E-state index in [1.54, 1.807) is 0 Å². The van der Waals surface area contributed by atoms with Crippen molar-refractivity contribution in [2.24, 2.45) is 0 Å². The number of benzene rings is 7. The molecule has 0 spiro atoms. The monoisotopic (exact) mass is 625 g/mol. The molecule has 49 heavy (non-hydrogen) atoms. The van der Waals surface area contributed by atoms with E-state index in [1.807, 2.05) is 60.7 Å². The summed E-state index contributed by atoms with van der Waals surface area (Å²) in [6.07, 6.45) is 0. The fraction of sp³-hybridized carbons (Fsp3) is 0. The molecule has 0 unspecified atom stereocenters. The molecular formula is C44H27N5. The summed E-state index contributed by atoms with van der Waals surface area (Å²) >= 11 is 0. The van der Waals surface area contributed by atoms with E-state index in [0.29, 0.717) is 17.5 Å². The van der Waals surface area contributed by atoms with Crippen molar-refractivity contribution in [3.8, 4) is 45.3 Å². The topological polar surface area (TPSA) is 56.0 Å². The molecule has 7 aromatic carbocycles. The molecule has 0 aliphatic heterocycles. The van der Waals surface area contributed by atoms with Gasteiger partial charge in [-0.1, -0.05) is 133 Å². The molecule has 0 atom stereocenters. The van der Waals surface area contributed by atoms with E-state index >= 15 is 0 Å². The van der Waals surface area contributed by atoms with Crippen LogP contribution in [0.3, 0.4) is 0 Å². The maximum atomic E-state index is 5.12. The van der Waals surface area contributed by atoms with Gasteiger partial charge >= 0.3 is 0 Å². The standard InChI is InChI=1S/C44H27N5/c1-3-12-30(13-4-1)41-46-42(31-14-5-2-6-15-31)48-43(47-41)32-21-19-28(20-22-32)33-24-26-38-36(27-33)40-34-16-8-7-11-29(34)23-25-35(40)44-45-37-17-9-10-18-39(37)49(38)44/h1-27H. The first-order valence-electron chi connectivity index (χ1n) is 16.4. The van der Waals surface area contributed by atoms with Gasteiger partial charge in [-0.2, -0.15) is 0 Å². The number of nitrogens with zero attached hydrogens (tertiary/aromatic N) is 5. The SMILES string of the molecule is c1ccc(-c2nc(-c3ccccc3)nc(-c3ccc(-c4ccc5c(c4)c4c6ccccc6ccc4c4nc6ccccc6n54)cc3)n2)cc1. The summed E-state index contributed by atoms with van der Waals surface area (Å²) in [5, 5.41) is 6.01. The number of pyridine rings is 1. The Kier molecular flexibility index (Phi) is 6.11. The van der Waals surface area contributed by atoms with Crippen LogP contribution in [0.4, 0.5) is 0 Å². The van der Waals surface area contributed by atoms with Crippen molar-refractivity contribution < 1.29 is 0 Å². The Morgan fingerprint density at radius 1 is 0.347 bits per heavy atom. The zero-order chi connectivity index (χ0) is 32.3. The van der Waals surface area contributed by atoms with Gasteiger partial charge in [-0.3, -0.25) is 4.40 Å². The van der Waals surface area contributed by atoms with Crippen LogP contribution in [0, 0.1) is 0 Å². The molecule has 5 heteroatoms. The lowest BCUT2D eigenvalue weighted by atomic mass is 9.96. The summed E-state index contributed by atoms with van der Waals surface area (Å²) in [5.41, 5.74) is 9.33. The van der Waals surface area contributed by atoms with Crippen molar-refractivity contribution in [2.45, 2.75) is 0 Å². The number of rotatable bonds is 4. The highest BCUT2D eigenvalue weighted by Gasteiger charge is 2.17. The summed E-state index contributed by atoms with van der Waals surface area (Å²) in [4.78, 5) is 19.8. The summed E-state index contributed by atoms with van der Waals surface area (Å²) < 4.78 is 2.31. The minimum absolute atomic E-state index is 0.643. The van der Waals surface area contributed by atoms with E-state index in [0.717, 1.165) is 55.4 Å². The van der Waals surface area contributed by atoms with Gasteiger partial charge in [0.2, 0.25) is 0 Å². The lowest BCUT2D eigenvalue weighted by Crippen LogP contribution is -2.00. The maximum absolute atomic E-state index is 5.12. The zero-order valence-corrected chi connectivity index (χ0v) is 26.3. The second kappa shape index (κ2) is 10.9. The van der Waals surface area contributed by atoms with E-state index in [4.69, 9.17) is 19.9 Å². The van der Waals surface area contributed by atoms with Crippen molar-refractivity contribution in [2.75, 3.05) is 0 Å². The third kappa shape index (κ3) is 4.48. The average Bonchev–Trinajstić information content (AvgIpc) is 3.58. The van der Waals surface area contributed by atoms with E-state index in [1.165, 1.54) is 21.5 Å². The lowest BCUT2D eigenvalue weighted by Gasteiger charge is -2.13. The van der Waals surface area contributed by atoms with E-state index < -0.39 is 0 Å². The minimum atomic E-state index is 0.643. The molecule has 10 rings (SSSR count). The van der Waals surface area contributed by atoms with Gasteiger partial charge in [0, 0.05) is 32.8 Å². The molecular weight excluding hydrogens is 599 g/mol. The second-order valence-corrected chi connectivity index (χ2v) is 12.3. The van der Waals surface area contributed by atoms with Crippen molar-refractivity contribution in [3.05, 3.63) is 164 Å². The Balaban J connectivity index is 1.14. The van der Waals surface area contributed by atoms with Crippen LogP contribution in [0.5, 0.6) is 0 Å². The first kappa shape index (κ1) is 27.4. The van der Waals surface area contributed by atoms with Gasteiger partial charge in [0.05, 0.1) is 16.6 Å². The number of para-hydroxylation sites is 2. The Hall–Kier alpha value is -6.72. The summed E-state index contributed by atoms with van der Waals surface area (Å²) in [6, 6.07) is 56.9. The largest absolute Gasteiger partial charge is 0.292 e. The first-order valence-corrected chi connectivity index (χ1v) is 16.4. The highest BCUT2D eigenvalue weighted by Crippen LogP contribution is 2.38. The van der Waals surface area contributed by atoms with E-state index in [-0.39, 0.29) is 0 Å². The van der Waals surface area contributed by atoms with Gasteiger partial charge in [0.25, 0.3) is 0 Å². The van der Waals surface area contributed by atoms with Crippen molar-refractivity contribution in [1.82, 2.24) is 24.3 Å². The van der Waals surface area contributed by atoms with Crippen molar-refractivity contribution in [1.29, 1.82) is 0 Å². The third-order valence-electron chi connectivity index (χ3n) is 9.41. The molecule has 0 bridgehead atoms. The molecule has 0 aliphatic carbocycles. The molecule has 3 aromatic heterocycles. The molecule has 0 amide bonds. The molecule has 5 nitrogen and oxygen atoms in total. The maximum Gasteiger partial charge on any atom is 0.164 e. The summed E-state index contributed by atoms with van der Waals surface area (Å²) in [6.45, 7) is 0. The van der Waals surface area contributed by atoms with Crippen LogP contribution in [-0.4, -0.2) is 24.3 Å². The Morgan fingerprint density at radius 2 is 0.918 bits per heavy atom. The van der Waals surface area contributed by atoms with Crippen LogP contribution in [0.15, 0.2) is 164 Å². The zero-order valence-electron chi connectivity index (χ0n) is 26.3. The predicted molar refractivity (Wildman–Crippen MR) is 200 cm³/mol. The number of hydrogen-bond acceptors (Lipinski definition) is 4. The van der Waals surface area contributed by atoms with Crippen molar-refractivity contribution in [3.63, 3.8) is 0 Å². The molecule has 0 saturated heterocycles. The third-order valence-corrected chi connectivity index (χ3v) is 9.41. The van der Waals surface area contributed by atoms with E-state index in [9.17, 15) is 0 Å². The van der Waals surface area contributed by atoms with Crippen LogP contribution >= 0.6 is 0 Å². The van der Waals surface area contributed by atoms with Crippen LogP contribution in [0.2, 0.25) is 0 Å². The average molecular weight is 626 g/mol. The molecule has 0 N–H and O–H groups in total. The number of hydrogen-bond donors (Lipinski definition) is 0. The van der Waals surface area contributed by atoms with Gasteiger partial charge in [0.15, 0.2) is 17.5 Å². The first-order chi connectivity index (χ1) is 24.3. The van der Waals surface area contributed by atoms with Gasteiger partial charge in [-0.05, 0) is 52.2 Å². The normalized spacial score (nSPS) is 11.7. The quantitative estimate of drug-likeness (QED) is 0.183. The minimum Gasteiger partial charge on any atom is -0.292 e. The molecule has 0 saturated carbocycles. The van der Waals surface area contributed by atoms with E-state index in [2.05, 4.69) is 108 Å². The fourth-order valence-corrected chi connectivity index (χ4v) is 7.06. The van der Waals surface area contributed by atoms with Crippen LogP contribution in [-0.2, 0) is 0 Å². The Labute approximate surface area is 281 Å². The second-order valence-electron chi connectivity index (χ2n) is 12.3. The van der Waals surface area contributed by atoms with Gasteiger partial charge in [-0.15, -0.1) is 0 Å². The predicted octanol–water partition coefficient (Wildman–Crippen LogP) is 10.8. The van der Waals surface area contributed by atoms with Crippen LogP contribution in [0.1, 0.15) is 0 Å². The number of fused-ring (bicyclic) bond motifs is 10. The number of aromatic nitrogens is 5. The fourth-order valence-electron chi connectivity index (χ4n) is 7.06. The Bertz CT molecular complexity index is 2800. The van der Waals surface area contributed by atoms with Crippen LogP contribution in [0.25, 0.3) is 94.4 Å². The molecule has 0 aliphatic rings. The molecule has 0 fully saturated rings. The smallest absolute Gasteiger partial charge is 0.164 e. The van der Waals surface area contributed by atoms with Gasteiger partial charge in [0.1, 0.15) is 5.65 Å². The molecule has 3 heterocycles. The Morgan fingerprint density at radius 3 is 1.63 bits per heavy atom. The lowest BCUT2D eigenvalue weighted by molar-refractivity contribution is 1.07. The highest BCUT2D eigenvalue weighted by atomic mass is 15.0. The molecule has 0 radical (unpaired) electrons. The molecule has 228 valence electrons. The van der Waals surface area contributed by atoms with Gasteiger partial charge < -0.3 is 0 Å². The number of imidazole rings is 1. The van der Waals surface area contributed by atoms with Crippen molar-refractivity contribution >= 4 is 49.1 Å². The molecule has 10 aromatic rings. The summed E-state index contributed by atoms with van der Waals surface area (Å²) in [7, 11) is 0. The highest BCUT2D eigenvalue weighted by molar-refractivity contribution is 6.24. The summed E-state index contributed by atoms with van der Waals surface area (Å²) in [5.74, 6) is 1.95.